The van der Waals surface area contributed by atoms with Crippen LogP contribution in [0.4, 0.5) is 0 Å². The fourth-order valence-electron chi connectivity index (χ4n) is 0.872. The summed E-state index contributed by atoms with van der Waals surface area (Å²) < 4.78 is 5.16. The topological polar surface area (TPSA) is 25.2 Å². The summed E-state index contributed by atoms with van der Waals surface area (Å²) >= 11 is 5.59. The molecule has 1 heterocycles. The first kappa shape index (κ1) is 8.37. The Morgan fingerprint density at radius 2 is 2.45 bits per heavy atom. The van der Waals surface area contributed by atoms with Gasteiger partial charge in [-0.1, -0.05) is 6.08 Å². The van der Waals surface area contributed by atoms with E-state index in [-0.39, 0.29) is 6.04 Å². The van der Waals surface area contributed by atoms with Crippen molar-refractivity contribution >= 4 is 11.6 Å². The van der Waals surface area contributed by atoms with E-state index < -0.39 is 0 Å². The molecule has 60 valence electrons. The average Bonchev–Trinajstić information content (AvgIpc) is 2.39. The van der Waals surface area contributed by atoms with E-state index in [1.807, 2.05) is 13.1 Å². The molecule has 0 radical (unpaired) electrons. The molecule has 1 atom stereocenters. The highest BCUT2D eigenvalue weighted by Gasteiger charge is 2.07. The Kier molecular flexibility index (Phi) is 2.74. The largest absolute Gasteiger partial charge is 0.448 e. The maximum absolute atomic E-state index is 5.59. The van der Waals surface area contributed by atoms with Crippen LogP contribution >= 0.6 is 11.6 Å². The van der Waals surface area contributed by atoms with Crippen molar-refractivity contribution in [1.82, 2.24) is 5.32 Å². The summed E-state index contributed by atoms with van der Waals surface area (Å²) in [5, 5.41) is 3.42. The molecule has 0 aliphatic carbocycles. The summed E-state index contributed by atoms with van der Waals surface area (Å²) in [4.78, 5) is 0. The Balaban J connectivity index is 2.81. The summed E-state index contributed by atoms with van der Waals surface area (Å²) in [5.41, 5.74) is 0. The first-order valence-corrected chi connectivity index (χ1v) is 3.70. The molecule has 11 heavy (non-hydrogen) atoms. The maximum atomic E-state index is 5.59. The second-order valence-corrected chi connectivity index (χ2v) is 2.52. The molecule has 0 saturated heterocycles. The number of hydrogen-bond donors (Lipinski definition) is 1. The van der Waals surface area contributed by atoms with Crippen LogP contribution in [-0.2, 0) is 0 Å². The normalized spacial score (nSPS) is 12.9. The van der Waals surface area contributed by atoms with E-state index >= 15 is 0 Å². The van der Waals surface area contributed by atoms with Crippen LogP contribution in [0.2, 0.25) is 5.22 Å². The molecule has 2 nitrogen and oxygen atoms in total. The monoisotopic (exact) mass is 171 g/mol. The molecule has 1 unspecified atom stereocenters. The fraction of sp³-hybridized carbons (Fsp3) is 0.250. The van der Waals surface area contributed by atoms with Crippen LogP contribution < -0.4 is 5.32 Å². The Bertz CT molecular complexity index is 244. The molecule has 1 N–H and O–H groups in total. The van der Waals surface area contributed by atoms with Gasteiger partial charge >= 0.3 is 0 Å². The van der Waals surface area contributed by atoms with Crippen molar-refractivity contribution in [2.24, 2.45) is 0 Å². The van der Waals surface area contributed by atoms with Crippen LogP contribution in [0, 0.1) is 0 Å². The average molecular weight is 172 g/mol. The van der Waals surface area contributed by atoms with Gasteiger partial charge in [-0.15, -0.1) is 6.58 Å². The zero-order chi connectivity index (χ0) is 8.27. The number of rotatable bonds is 3. The van der Waals surface area contributed by atoms with E-state index in [0.717, 1.165) is 5.76 Å². The molecule has 0 aromatic carbocycles. The van der Waals surface area contributed by atoms with Crippen molar-refractivity contribution in [3.63, 3.8) is 0 Å². The van der Waals surface area contributed by atoms with Gasteiger partial charge in [0.2, 0.25) is 0 Å². The SMILES string of the molecule is C=CC(NC)c1ccc(Cl)o1. The molecule has 0 spiro atoms. The standard InChI is InChI=1S/C8H10ClNO/c1-3-6(10-2)7-4-5-8(9)11-7/h3-6,10H,1H2,2H3. The molecule has 0 aliphatic heterocycles. The number of likely N-dealkylation sites (N-methyl/N-ethyl adjacent to an activating group) is 1. The minimum atomic E-state index is 0.0440. The lowest BCUT2D eigenvalue weighted by atomic mass is 10.2. The van der Waals surface area contributed by atoms with Gasteiger partial charge in [0.1, 0.15) is 5.76 Å². The predicted octanol–water partition coefficient (Wildman–Crippen LogP) is 2.38. The first-order valence-electron chi connectivity index (χ1n) is 3.33. The van der Waals surface area contributed by atoms with E-state index in [1.165, 1.54) is 0 Å². The van der Waals surface area contributed by atoms with Gasteiger partial charge in [-0.2, -0.15) is 0 Å². The molecular formula is C8H10ClNO. The van der Waals surface area contributed by atoms with Crippen LogP contribution in [0.1, 0.15) is 11.8 Å². The molecule has 0 amide bonds. The number of furan rings is 1. The number of halogens is 1. The maximum Gasteiger partial charge on any atom is 0.193 e. The van der Waals surface area contributed by atoms with Gasteiger partial charge in [0.25, 0.3) is 0 Å². The Morgan fingerprint density at radius 1 is 1.73 bits per heavy atom. The molecule has 0 aliphatic rings. The van der Waals surface area contributed by atoms with Crippen molar-refractivity contribution in [3.8, 4) is 0 Å². The summed E-state index contributed by atoms with van der Waals surface area (Å²) in [7, 11) is 1.84. The predicted molar refractivity (Wildman–Crippen MR) is 45.7 cm³/mol. The quantitative estimate of drug-likeness (QED) is 0.707. The lowest BCUT2D eigenvalue weighted by molar-refractivity contribution is 0.471. The Labute approximate surface area is 70.8 Å². The second kappa shape index (κ2) is 3.60. The minimum Gasteiger partial charge on any atom is -0.448 e. The van der Waals surface area contributed by atoms with Gasteiger partial charge in [-0.25, -0.2) is 0 Å². The number of hydrogen-bond acceptors (Lipinski definition) is 2. The lowest BCUT2D eigenvalue weighted by Crippen LogP contribution is -2.12. The second-order valence-electron chi connectivity index (χ2n) is 2.14. The summed E-state index contributed by atoms with van der Waals surface area (Å²) in [6.07, 6.45) is 1.76. The number of nitrogens with one attached hydrogen (secondary N) is 1. The van der Waals surface area contributed by atoms with E-state index in [9.17, 15) is 0 Å². The first-order chi connectivity index (χ1) is 5.27. The minimum absolute atomic E-state index is 0.0440. The fourth-order valence-corrected chi connectivity index (χ4v) is 1.02. The molecular weight excluding hydrogens is 162 g/mol. The molecule has 0 saturated carbocycles. The summed E-state index contributed by atoms with van der Waals surface area (Å²) in [5.74, 6) is 0.785. The van der Waals surface area contributed by atoms with Gasteiger partial charge < -0.3 is 9.73 Å². The highest BCUT2D eigenvalue weighted by Crippen LogP contribution is 2.19. The molecule has 0 bridgehead atoms. The third kappa shape index (κ3) is 1.85. The molecule has 1 rings (SSSR count). The molecule has 1 aromatic rings. The molecule has 3 heteroatoms. The smallest absolute Gasteiger partial charge is 0.193 e. The lowest BCUT2D eigenvalue weighted by Gasteiger charge is -2.05. The van der Waals surface area contributed by atoms with Crippen LogP contribution in [0.15, 0.2) is 29.2 Å². The zero-order valence-electron chi connectivity index (χ0n) is 6.30. The van der Waals surface area contributed by atoms with Crippen LogP contribution in [0.3, 0.4) is 0 Å². The van der Waals surface area contributed by atoms with Crippen LogP contribution in [-0.4, -0.2) is 7.05 Å². The van der Waals surface area contributed by atoms with Gasteiger partial charge in [0, 0.05) is 0 Å². The van der Waals surface area contributed by atoms with Gasteiger partial charge in [0.05, 0.1) is 6.04 Å². The van der Waals surface area contributed by atoms with E-state index in [2.05, 4.69) is 11.9 Å². The van der Waals surface area contributed by atoms with Crippen LogP contribution in [0.5, 0.6) is 0 Å². The third-order valence-electron chi connectivity index (χ3n) is 1.45. The highest BCUT2D eigenvalue weighted by molar-refractivity contribution is 6.28. The Hall–Kier alpha value is -0.730. The molecule has 0 fully saturated rings. The summed E-state index contributed by atoms with van der Waals surface area (Å²) in [6.45, 7) is 3.65. The third-order valence-corrected chi connectivity index (χ3v) is 1.65. The van der Waals surface area contributed by atoms with Crippen molar-refractivity contribution < 1.29 is 4.42 Å². The van der Waals surface area contributed by atoms with Crippen LogP contribution in [0.25, 0.3) is 0 Å². The van der Waals surface area contributed by atoms with Crippen molar-refractivity contribution in [2.45, 2.75) is 6.04 Å². The summed E-state index contributed by atoms with van der Waals surface area (Å²) in [6, 6.07) is 3.58. The highest BCUT2D eigenvalue weighted by atomic mass is 35.5. The van der Waals surface area contributed by atoms with Gasteiger partial charge in [0.15, 0.2) is 5.22 Å². The van der Waals surface area contributed by atoms with Crippen molar-refractivity contribution in [1.29, 1.82) is 0 Å². The van der Waals surface area contributed by atoms with Gasteiger partial charge in [-0.3, -0.25) is 0 Å². The van der Waals surface area contributed by atoms with E-state index in [4.69, 9.17) is 16.0 Å². The van der Waals surface area contributed by atoms with Gasteiger partial charge in [-0.05, 0) is 30.8 Å². The zero-order valence-corrected chi connectivity index (χ0v) is 7.06. The van der Waals surface area contributed by atoms with Crippen molar-refractivity contribution in [3.05, 3.63) is 35.8 Å². The molecule has 1 aromatic heterocycles. The van der Waals surface area contributed by atoms with Crippen molar-refractivity contribution in [2.75, 3.05) is 7.05 Å². The van der Waals surface area contributed by atoms with E-state index in [0.29, 0.717) is 5.22 Å². The Morgan fingerprint density at radius 3 is 2.82 bits per heavy atom. The van der Waals surface area contributed by atoms with E-state index in [1.54, 1.807) is 12.1 Å².